The van der Waals surface area contributed by atoms with Crippen LogP contribution in [0.15, 0.2) is 42.7 Å². The predicted octanol–water partition coefficient (Wildman–Crippen LogP) is 2.08. The van der Waals surface area contributed by atoms with Crippen LogP contribution in [-0.2, 0) is 19.4 Å². The molecule has 0 spiro atoms. The molecular formula is C21H23FN8. The van der Waals surface area contributed by atoms with Crippen LogP contribution in [0.3, 0.4) is 0 Å². The van der Waals surface area contributed by atoms with Crippen molar-refractivity contribution in [2.75, 3.05) is 12.3 Å². The standard InChI is InChI=1S/C21H23FN8/c22-17-3-1-13(2-4-17)5-14-7-18(24-9-14)12-30-11-15(10-25-30)6-16-8-19(23)26-21-20(16)27-29-28-21/h1-4,8,10-11,14,18,24H,5-7,9,12H2,(H3,23,26,27,28,29). The summed E-state index contributed by atoms with van der Waals surface area (Å²) in [4.78, 5) is 4.18. The van der Waals surface area contributed by atoms with Crippen LogP contribution in [0, 0.1) is 11.7 Å². The van der Waals surface area contributed by atoms with Crippen LogP contribution >= 0.6 is 0 Å². The zero-order valence-electron chi connectivity index (χ0n) is 16.4. The minimum atomic E-state index is -0.186. The molecule has 154 valence electrons. The number of aromatic amines is 1. The zero-order chi connectivity index (χ0) is 20.5. The van der Waals surface area contributed by atoms with Crippen molar-refractivity contribution in [3.63, 3.8) is 0 Å². The largest absolute Gasteiger partial charge is 0.384 e. The smallest absolute Gasteiger partial charge is 0.203 e. The van der Waals surface area contributed by atoms with Gasteiger partial charge in [0.25, 0.3) is 0 Å². The van der Waals surface area contributed by atoms with E-state index in [-0.39, 0.29) is 5.82 Å². The molecule has 1 fully saturated rings. The second kappa shape index (κ2) is 7.83. The molecule has 1 aliphatic rings. The number of nitrogen functional groups attached to an aromatic ring is 1. The molecule has 30 heavy (non-hydrogen) atoms. The average molecular weight is 406 g/mol. The third-order valence-corrected chi connectivity index (χ3v) is 5.63. The molecule has 1 aromatic carbocycles. The van der Waals surface area contributed by atoms with Crippen LogP contribution in [-0.4, -0.2) is 42.8 Å². The normalized spacial score (nSPS) is 19.0. The van der Waals surface area contributed by atoms with E-state index < -0.39 is 0 Å². The molecule has 5 rings (SSSR count). The van der Waals surface area contributed by atoms with Gasteiger partial charge in [-0.05, 0) is 60.2 Å². The van der Waals surface area contributed by atoms with Crippen molar-refractivity contribution in [3.05, 3.63) is 65.2 Å². The quantitative estimate of drug-likeness (QED) is 0.452. The Morgan fingerprint density at radius 2 is 2.03 bits per heavy atom. The summed E-state index contributed by atoms with van der Waals surface area (Å²) < 4.78 is 15.1. The van der Waals surface area contributed by atoms with Gasteiger partial charge in [-0.3, -0.25) is 4.68 Å². The summed E-state index contributed by atoms with van der Waals surface area (Å²) in [7, 11) is 0. The number of nitrogens with one attached hydrogen (secondary N) is 2. The van der Waals surface area contributed by atoms with Gasteiger partial charge in [0.15, 0.2) is 0 Å². The summed E-state index contributed by atoms with van der Waals surface area (Å²) in [5, 5.41) is 18.9. The van der Waals surface area contributed by atoms with Crippen molar-refractivity contribution in [3.8, 4) is 0 Å². The first kappa shape index (κ1) is 18.7. The molecule has 4 aromatic rings. The molecular weight excluding hydrogens is 383 g/mol. The maximum Gasteiger partial charge on any atom is 0.203 e. The third kappa shape index (κ3) is 4.02. The lowest BCUT2D eigenvalue weighted by molar-refractivity contribution is 0.462. The maximum atomic E-state index is 13.1. The second-order valence-corrected chi connectivity index (χ2v) is 7.99. The average Bonchev–Trinajstić information content (AvgIpc) is 3.46. The highest BCUT2D eigenvalue weighted by Gasteiger charge is 2.24. The number of hydrogen-bond donors (Lipinski definition) is 3. The molecule has 2 atom stereocenters. The van der Waals surface area contributed by atoms with Gasteiger partial charge in [-0.2, -0.15) is 15.4 Å². The van der Waals surface area contributed by atoms with Crippen LogP contribution in [0.1, 0.15) is 23.1 Å². The number of halogens is 1. The Morgan fingerprint density at radius 3 is 2.90 bits per heavy atom. The Kier molecular flexibility index (Phi) is 4.88. The molecule has 0 amide bonds. The van der Waals surface area contributed by atoms with E-state index in [2.05, 4.69) is 37.0 Å². The van der Waals surface area contributed by atoms with Crippen molar-refractivity contribution < 1.29 is 4.39 Å². The lowest BCUT2D eigenvalue weighted by Crippen LogP contribution is -2.26. The number of benzene rings is 1. The van der Waals surface area contributed by atoms with Crippen LogP contribution in [0.4, 0.5) is 10.2 Å². The van der Waals surface area contributed by atoms with Crippen LogP contribution in [0.5, 0.6) is 0 Å². The summed E-state index contributed by atoms with van der Waals surface area (Å²) in [6.45, 7) is 1.79. The highest BCUT2D eigenvalue weighted by atomic mass is 19.1. The molecule has 0 saturated carbocycles. The predicted molar refractivity (Wildman–Crippen MR) is 111 cm³/mol. The van der Waals surface area contributed by atoms with E-state index in [9.17, 15) is 4.39 Å². The Morgan fingerprint density at radius 1 is 1.17 bits per heavy atom. The minimum absolute atomic E-state index is 0.186. The molecule has 0 radical (unpaired) electrons. The number of rotatable bonds is 6. The number of fused-ring (bicyclic) bond motifs is 1. The molecule has 9 heteroatoms. The first-order chi connectivity index (χ1) is 14.6. The molecule has 0 aliphatic carbocycles. The second-order valence-electron chi connectivity index (χ2n) is 7.99. The van der Waals surface area contributed by atoms with Crippen molar-refractivity contribution in [2.45, 2.75) is 31.8 Å². The van der Waals surface area contributed by atoms with E-state index in [1.807, 2.05) is 29.1 Å². The third-order valence-electron chi connectivity index (χ3n) is 5.63. The molecule has 1 aliphatic heterocycles. The molecule has 1 saturated heterocycles. The lowest BCUT2D eigenvalue weighted by atomic mass is 9.97. The fourth-order valence-electron chi connectivity index (χ4n) is 4.25. The molecule has 4 heterocycles. The van der Waals surface area contributed by atoms with Gasteiger partial charge in [-0.25, -0.2) is 9.37 Å². The summed E-state index contributed by atoms with van der Waals surface area (Å²) in [5.41, 5.74) is 10.4. The summed E-state index contributed by atoms with van der Waals surface area (Å²) in [5.74, 6) is 0.797. The lowest BCUT2D eigenvalue weighted by Gasteiger charge is -2.11. The van der Waals surface area contributed by atoms with E-state index in [1.54, 1.807) is 0 Å². The van der Waals surface area contributed by atoms with Gasteiger partial charge < -0.3 is 11.1 Å². The SMILES string of the molecule is Nc1cc(Cc2cnn(CC3CC(Cc4ccc(F)cc4)CN3)c2)c2n[nH]nc2n1. The van der Waals surface area contributed by atoms with Gasteiger partial charge >= 0.3 is 0 Å². The van der Waals surface area contributed by atoms with E-state index in [0.29, 0.717) is 29.8 Å². The first-order valence-electron chi connectivity index (χ1n) is 10.1. The maximum absolute atomic E-state index is 13.1. The van der Waals surface area contributed by atoms with Crippen molar-refractivity contribution in [2.24, 2.45) is 5.92 Å². The van der Waals surface area contributed by atoms with Gasteiger partial charge in [0.1, 0.15) is 17.2 Å². The number of anilines is 1. The van der Waals surface area contributed by atoms with Crippen molar-refractivity contribution in [1.29, 1.82) is 0 Å². The molecule has 3 aromatic heterocycles. The number of aromatic nitrogens is 6. The molecule has 8 nitrogen and oxygen atoms in total. The van der Waals surface area contributed by atoms with Crippen LogP contribution in [0.25, 0.3) is 11.2 Å². The Labute approximate surface area is 172 Å². The number of nitrogens with two attached hydrogens (primary N) is 1. The first-order valence-corrected chi connectivity index (χ1v) is 10.1. The number of pyridine rings is 1. The Hall–Kier alpha value is -3.33. The van der Waals surface area contributed by atoms with E-state index >= 15 is 0 Å². The van der Waals surface area contributed by atoms with Crippen LogP contribution < -0.4 is 11.1 Å². The van der Waals surface area contributed by atoms with Gasteiger partial charge in [-0.15, -0.1) is 5.10 Å². The number of hydrogen-bond acceptors (Lipinski definition) is 6. The van der Waals surface area contributed by atoms with Crippen molar-refractivity contribution in [1.82, 2.24) is 35.5 Å². The van der Waals surface area contributed by atoms with E-state index in [0.717, 1.165) is 42.6 Å². The number of nitrogens with zero attached hydrogens (tertiary/aromatic N) is 5. The highest BCUT2D eigenvalue weighted by Crippen LogP contribution is 2.22. The van der Waals surface area contributed by atoms with E-state index in [4.69, 9.17) is 5.73 Å². The fourth-order valence-corrected chi connectivity index (χ4v) is 4.25. The number of H-pyrrole nitrogens is 1. The van der Waals surface area contributed by atoms with Crippen molar-refractivity contribution >= 4 is 17.0 Å². The van der Waals surface area contributed by atoms with Gasteiger partial charge in [0.2, 0.25) is 5.65 Å². The van der Waals surface area contributed by atoms with Crippen LogP contribution in [0.2, 0.25) is 0 Å². The monoisotopic (exact) mass is 406 g/mol. The Balaban J connectivity index is 1.20. The summed E-state index contributed by atoms with van der Waals surface area (Å²) in [6, 6.07) is 9.02. The minimum Gasteiger partial charge on any atom is -0.384 e. The zero-order valence-corrected chi connectivity index (χ0v) is 16.4. The van der Waals surface area contributed by atoms with Gasteiger partial charge in [0, 0.05) is 18.7 Å². The fraction of sp³-hybridized carbons (Fsp3) is 0.333. The highest BCUT2D eigenvalue weighted by molar-refractivity contribution is 5.76. The Bertz CT molecular complexity index is 1150. The topological polar surface area (TPSA) is 110 Å². The van der Waals surface area contributed by atoms with E-state index in [1.165, 1.54) is 17.7 Å². The summed E-state index contributed by atoms with van der Waals surface area (Å²) in [6.07, 6.45) is 6.66. The summed E-state index contributed by atoms with van der Waals surface area (Å²) >= 11 is 0. The molecule has 2 unspecified atom stereocenters. The van der Waals surface area contributed by atoms with Gasteiger partial charge in [-0.1, -0.05) is 12.1 Å². The van der Waals surface area contributed by atoms with Gasteiger partial charge in [0.05, 0.1) is 12.7 Å². The molecule has 0 bridgehead atoms. The molecule has 4 N–H and O–H groups in total.